The smallest absolute Gasteiger partial charge is 0.245 e. The minimum atomic E-state index is -3.68. The highest BCUT2D eigenvalue weighted by Crippen LogP contribution is 2.28. The van der Waals surface area contributed by atoms with Crippen molar-refractivity contribution in [1.82, 2.24) is 9.29 Å². The van der Waals surface area contributed by atoms with E-state index in [9.17, 15) is 8.42 Å². The number of aliphatic hydroxyl groups is 1. The standard InChI is InChI=1S/C13H19N3O3S/c1-9(2)16(5-6-17)20(18,19)13-8-15-12-4-3-10(14)7-11(12)13/h3-4,7-9,15,17H,5-6,14H2,1-2H3. The van der Waals surface area contributed by atoms with E-state index in [1.165, 1.54) is 10.5 Å². The third-order valence-corrected chi connectivity index (χ3v) is 5.27. The first-order valence-corrected chi connectivity index (χ1v) is 7.81. The van der Waals surface area contributed by atoms with Gasteiger partial charge in [0.05, 0.1) is 6.61 Å². The van der Waals surface area contributed by atoms with Crippen molar-refractivity contribution < 1.29 is 13.5 Å². The number of aromatic nitrogens is 1. The molecule has 0 radical (unpaired) electrons. The van der Waals surface area contributed by atoms with E-state index in [4.69, 9.17) is 10.8 Å². The molecule has 0 spiro atoms. The van der Waals surface area contributed by atoms with Gasteiger partial charge in [-0.25, -0.2) is 8.42 Å². The van der Waals surface area contributed by atoms with Gasteiger partial charge in [-0.05, 0) is 32.0 Å². The molecule has 0 saturated heterocycles. The van der Waals surface area contributed by atoms with Crippen LogP contribution in [-0.4, -0.2) is 42.0 Å². The van der Waals surface area contributed by atoms with E-state index in [1.807, 2.05) is 0 Å². The first-order chi connectivity index (χ1) is 9.37. The minimum absolute atomic E-state index is 0.0645. The van der Waals surface area contributed by atoms with E-state index < -0.39 is 10.0 Å². The van der Waals surface area contributed by atoms with Crippen LogP contribution in [-0.2, 0) is 10.0 Å². The van der Waals surface area contributed by atoms with Crippen molar-refractivity contribution in [2.24, 2.45) is 0 Å². The largest absolute Gasteiger partial charge is 0.399 e. The molecule has 0 aliphatic heterocycles. The molecule has 0 aliphatic carbocycles. The molecule has 0 amide bonds. The van der Waals surface area contributed by atoms with E-state index in [2.05, 4.69) is 4.98 Å². The lowest BCUT2D eigenvalue weighted by molar-refractivity contribution is 0.236. The quantitative estimate of drug-likeness (QED) is 0.721. The number of nitrogens with one attached hydrogen (secondary N) is 1. The van der Waals surface area contributed by atoms with Crippen molar-refractivity contribution in [2.45, 2.75) is 24.8 Å². The van der Waals surface area contributed by atoms with Crippen molar-refractivity contribution in [3.63, 3.8) is 0 Å². The topological polar surface area (TPSA) is 99.4 Å². The lowest BCUT2D eigenvalue weighted by Crippen LogP contribution is -2.38. The van der Waals surface area contributed by atoms with Crippen LogP contribution in [0.3, 0.4) is 0 Å². The average molecular weight is 297 g/mol. The second-order valence-corrected chi connectivity index (χ2v) is 6.75. The van der Waals surface area contributed by atoms with Crippen LogP contribution in [0, 0.1) is 0 Å². The third kappa shape index (κ3) is 2.52. The summed E-state index contributed by atoms with van der Waals surface area (Å²) in [5, 5.41) is 9.63. The summed E-state index contributed by atoms with van der Waals surface area (Å²) in [6.07, 6.45) is 1.46. The Hall–Kier alpha value is -1.57. The molecule has 2 aromatic rings. The number of rotatable bonds is 5. The molecule has 0 atom stereocenters. The Kier molecular flexibility index (Phi) is 4.03. The Bertz CT molecular complexity index is 707. The third-order valence-electron chi connectivity index (χ3n) is 3.15. The molecule has 0 bridgehead atoms. The first kappa shape index (κ1) is 14.8. The van der Waals surface area contributed by atoms with Gasteiger partial charge in [0.1, 0.15) is 4.90 Å². The van der Waals surface area contributed by atoms with Crippen molar-refractivity contribution in [3.8, 4) is 0 Å². The van der Waals surface area contributed by atoms with Gasteiger partial charge >= 0.3 is 0 Å². The number of hydrogen-bond acceptors (Lipinski definition) is 4. The molecule has 1 aromatic heterocycles. The maximum absolute atomic E-state index is 12.7. The normalized spacial score (nSPS) is 12.7. The highest BCUT2D eigenvalue weighted by atomic mass is 32.2. The van der Waals surface area contributed by atoms with E-state index in [1.54, 1.807) is 32.0 Å². The molecule has 20 heavy (non-hydrogen) atoms. The summed E-state index contributed by atoms with van der Waals surface area (Å²) in [5.74, 6) is 0. The summed E-state index contributed by atoms with van der Waals surface area (Å²) in [6, 6.07) is 4.85. The molecule has 0 fully saturated rings. The second-order valence-electron chi connectivity index (χ2n) is 4.89. The maximum atomic E-state index is 12.7. The number of benzene rings is 1. The minimum Gasteiger partial charge on any atom is -0.399 e. The SMILES string of the molecule is CC(C)N(CCO)S(=O)(=O)c1c[nH]c2ccc(N)cc12. The Morgan fingerprint density at radius 1 is 1.40 bits per heavy atom. The Labute approximate surface area is 118 Å². The fourth-order valence-electron chi connectivity index (χ4n) is 2.21. The number of H-pyrrole nitrogens is 1. The van der Waals surface area contributed by atoms with Gasteiger partial charge in [0.2, 0.25) is 10.0 Å². The molecule has 2 rings (SSSR count). The van der Waals surface area contributed by atoms with Crippen molar-refractivity contribution in [3.05, 3.63) is 24.4 Å². The molecule has 4 N–H and O–H groups in total. The first-order valence-electron chi connectivity index (χ1n) is 6.37. The Morgan fingerprint density at radius 3 is 2.70 bits per heavy atom. The van der Waals surface area contributed by atoms with Crippen LogP contribution in [0.2, 0.25) is 0 Å². The van der Waals surface area contributed by atoms with Crippen LogP contribution in [0.25, 0.3) is 10.9 Å². The van der Waals surface area contributed by atoms with Crippen LogP contribution in [0.4, 0.5) is 5.69 Å². The number of hydrogen-bond donors (Lipinski definition) is 3. The Balaban J connectivity index is 2.59. The zero-order valence-corrected chi connectivity index (χ0v) is 12.3. The number of sulfonamides is 1. The van der Waals surface area contributed by atoms with Gasteiger partial charge in [0.25, 0.3) is 0 Å². The van der Waals surface area contributed by atoms with Gasteiger partial charge in [-0.15, -0.1) is 0 Å². The molecule has 1 heterocycles. The lowest BCUT2D eigenvalue weighted by Gasteiger charge is -2.24. The van der Waals surface area contributed by atoms with E-state index >= 15 is 0 Å². The van der Waals surface area contributed by atoms with Crippen LogP contribution in [0.15, 0.2) is 29.3 Å². The van der Waals surface area contributed by atoms with Crippen LogP contribution < -0.4 is 5.73 Å². The highest BCUT2D eigenvalue weighted by Gasteiger charge is 2.28. The van der Waals surface area contributed by atoms with E-state index in [0.29, 0.717) is 16.6 Å². The van der Waals surface area contributed by atoms with E-state index in [-0.39, 0.29) is 24.1 Å². The molecule has 0 aliphatic rings. The number of nitrogens with two attached hydrogens (primary N) is 1. The van der Waals surface area contributed by atoms with Crippen LogP contribution in [0.5, 0.6) is 0 Å². The number of nitrogens with zero attached hydrogens (tertiary/aromatic N) is 1. The monoisotopic (exact) mass is 297 g/mol. The van der Waals surface area contributed by atoms with Gasteiger partial charge in [-0.1, -0.05) is 0 Å². The lowest BCUT2D eigenvalue weighted by atomic mass is 10.2. The van der Waals surface area contributed by atoms with Gasteiger partial charge in [0.15, 0.2) is 0 Å². The van der Waals surface area contributed by atoms with Gasteiger partial charge in [0, 0.05) is 35.4 Å². The molecular weight excluding hydrogens is 278 g/mol. The number of aliphatic hydroxyl groups excluding tert-OH is 1. The summed E-state index contributed by atoms with van der Waals surface area (Å²) in [7, 11) is -3.68. The van der Waals surface area contributed by atoms with E-state index in [0.717, 1.165) is 0 Å². The summed E-state index contributed by atoms with van der Waals surface area (Å²) >= 11 is 0. The average Bonchev–Trinajstić information content (AvgIpc) is 2.78. The fraction of sp³-hybridized carbons (Fsp3) is 0.385. The molecule has 0 saturated carbocycles. The van der Waals surface area contributed by atoms with Gasteiger partial charge in [-0.3, -0.25) is 0 Å². The summed E-state index contributed by atoms with van der Waals surface area (Å²) < 4.78 is 26.7. The fourth-order valence-corrected chi connectivity index (χ4v) is 3.99. The van der Waals surface area contributed by atoms with Crippen LogP contribution >= 0.6 is 0 Å². The summed E-state index contributed by atoms with van der Waals surface area (Å²) in [6.45, 7) is 3.39. The summed E-state index contributed by atoms with van der Waals surface area (Å²) in [5.41, 5.74) is 6.95. The van der Waals surface area contributed by atoms with Gasteiger partial charge < -0.3 is 15.8 Å². The maximum Gasteiger partial charge on any atom is 0.245 e. The number of fused-ring (bicyclic) bond motifs is 1. The highest BCUT2D eigenvalue weighted by molar-refractivity contribution is 7.89. The number of anilines is 1. The predicted octanol–water partition coefficient (Wildman–Crippen LogP) is 1.14. The number of nitrogen functional groups attached to an aromatic ring is 1. The summed E-state index contributed by atoms with van der Waals surface area (Å²) in [4.78, 5) is 3.12. The Morgan fingerprint density at radius 2 is 2.10 bits per heavy atom. The molecule has 1 aromatic carbocycles. The molecule has 6 nitrogen and oxygen atoms in total. The zero-order valence-electron chi connectivity index (χ0n) is 11.5. The van der Waals surface area contributed by atoms with Crippen LogP contribution in [0.1, 0.15) is 13.8 Å². The molecule has 7 heteroatoms. The van der Waals surface area contributed by atoms with Crippen molar-refractivity contribution in [1.29, 1.82) is 0 Å². The van der Waals surface area contributed by atoms with Gasteiger partial charge in [-0.2, -0.15) is 4.31 Å². The zero-order chi connectivity index (χ0) is 14.9. The molecular formula is C13H19N3O3S. The predicted molar refractivity (Wildman–Crippen MR) is 78.8 cm³/mol. The molecule has 0 unspecified atom stereocenters. The van der Waals surface area contributed by atoms with Crippen molar-refractivity contribution in [2.75, 3.05) is 18.9 Å². The second kappa shape index (κ2) is 5.43. The van der Waals surface area contributed by atoms with Crippen molar-refractivity contribution >= 4 is 26.6 Å². The number of aromatic amines is 1. The molecule has 110 valence electrons.